The largest absolute Gasteiger partial charge is 0.367 e. The summed E-state index contributed by atoms with van der Waals surface area (Å²) in [7, 11) is 0. The molecule has 0 bridgehead atoms. The number of aromatic amines is 1. The Labute approximate surface area is 89.7 Å². The van der Waals surface area contributed by atoms with E-state index in [-0.39, 0.29) is 5.91 Å². The van der Waals surface area contributed by atoms with Gasteiger partial charge in [-0.1, -0.05) is 0 Å². The van der Waals surface area contributed by atoms with Crippen LogP contribution in [-0.2, 0) is 0 Å². The summed E-state index contributed by atoms with van der Waals surface area (Å²) in [5.74, 6) is 0.141. The smallest absolute Gasteiger partial charge is 0.255 e. The third-order valence-corrected chi connectivity index (χ3v) is 2.84. The lowest BCUT2D eigenvalue weighted by atomic mass is 10.1. The lowest BCUT2D eigenvalue weighted by molar-refractivity contribution is 0.0708. The van der Waals surface area contributed by atoms with E-state index in [1.165, 1.54) is 0 Å². The summed E-state index contributed by atoms with van der Waals surface area (Å²) in [5, 5.41) is 3.33. The fourth-order valence-electron chi connectivity index (χ4n) is 1.96. The molecule has 1 aromatic heterocycles. The molecule has 0 aliphatic carbocycles. The van der Waals surface area contributed by atoms with Crippen LogP contribution in [0.1, 0.15) is 22.8 Å². The lowest BCUT2D eigenvalue weighted by Crippen LogP contribution is -2.51. The number of hydrogen-bond acceptors (Lipinski definition) is 2. The number of carbonyl (C=O) groups is 1. The molecule has 0 unspecified atom stereocenters. The molecule has 2 N–H and O–H groups in total. The number of nitrogens with one attached hydrogen (secondary N) is 2. The molecule has 15 heavy (non-hydrogen) atoms. The second-order valence-electron chi connectivity index (χ2n) is 4.16. The molecule has 1 aromatic rings. The van der Waals surface area contributed by atoms with E-state index in [4.69, 9.17) is 0 Å². The summed E-state index contributed by atoms with van der Waals surface area (Å²) in [5.41, 5.74) is 1.82. The fourth-order valence-corrected chi connectivity index (χ4v) is 1.96. The van der Waals surface area contributed by atoms with Crippen molar-refractivity contribution >= 4 is 5.91 Å². The molecule has 2 heterocycles. The molecule has 1 atom stereocenters. The molecular weight excluding hydrogens is 190 g/mol. The van der Waals surface area contributed by atoms with Gasteiger partial charge in [0.15, 0.2) is 0 Å². The van der Waals surface area contributed by atoms with E-state index in [9.17, 15) is 4.79 Å². The number of aryl methyl sites for hydroxylation is 1. The summed E-state index contributed by atoms with van der Waals surface area (Å²) in [6.07, 6.45) is 3.64. The van der Waals surface area contributed by atoms with E-state index in [1.807, 2.05) is 18.0 Å². The Morgan fingerprint density at radius 1 is 1.53 bits per heavy atom. The molecule has 1 fully saturated rings. The molecule has 4 nitrogen and oxygen atoms in total. The maximum atomic E-state index is 12.1. The first-order valence-electron chi connectivity index (χ1n) is 5.34. The van der Waals surface area contributed by atoms with Gasteiger partial charge < -0.3 is 15.2 Å². The van der Waals surface area contributed by atoms with Crippen molar-refractivity contribution in [2.75, 3.05) is 19.6 Å². The maximum Gasteiger partial charge on any atom is 0.255 e. The second kappa shape index (κ2) is 4.06. The van der Waals surface area contributed by atoms with Crippen molar-refractivity contribution in [3.05, 3.63) is 23.5 Å². The second-order valence-corrected chi connectivity index (χ2v) is 4.16. The van der Waals surface area contributed by atoms with Crippen LogP contribution in [-0.4, -0.2) is 41.5 Å². The number of piperazine rings is 1. The number of hydrogen-bond donors (Lipinski definition) is 2. The Kier molecular flexibility index (Phi) is 2.77. The fraction of sp³-hybridized carbons (Fsp3) is 0.545. The molecule has 0 radical (unpaired) electrons. The van der Waals surface area contributed by atoms with Crippen LogP contribution in [0.3, 0.4) is 0 Å². The predicted molar refractivity (Wildman–Crippen MR) is 58.9 cm³/mol. The highest BCUT2D eigenvalue weighted by atomic mass is 16.2. The highest BCUT2D eigenvalue weighted by molar-refractivity contribution is 5.95. The highest BCUT2D eigenvalue weighted by Crippen LogP contribution is 2.11. The minimum absolute atomic E-state index is 0.141. The summed E-state index contributed by atoms with van der Waals surface area (Å²) in [6, 6.07) is 0.391. The zero-order valence-corrected chi connectivity index (χ0v) is 9.21. The van der Waals surface area contributed by atoms with Crippen LogP contribution in [0.5, 0.6) is 0 Å². The molecule has 0 spiro atoms. The molecule has 4 heteroatoms. The highest BCUT2D eigenvalue weighted by Gasteiger charge is 2.22. The zero-order chi connectivity index (χ0) is 10.8. The van der Waals surface area contributed by atoms with Crippen molar-refractivity contribution in [3.63, 3.8) is 0 Å². The van der Waals surface area contributed by atoms with E-state index in [2.05, 4.69) is 17.2 Å². The maximum absolute atomic E-state index is 12.1. The van der Waals surface area contributed by atoms with Crippen molar-refractivity contribution < 1.29 is 4.79 Å². The van der Waals surface area contributed by atoms with Gasteiger partial charge in [-0.3, -0.25) is 4.79 Å². The van der Waals surface area contributed by atoms with E-state index in [1.54, 1.807) is 6.20 Å². The van der Waals surface area contributed by atoms with Crippen LogP contribution in [0.15, 0.2) is 12.4 Å². The first-order valence-corrected chi connectivity index (χ1v) is 5.34. The summed E-state index contributed by atoms with van der Waals surface area (Å²) in [6.45, 7) is 6.53. The third kappa shape index (κ3) is 2.04. The topological polar surface area (TPSA) is 48.1 Å². The SMILES string of the molecule is Cc1c[nH]cc1C(=O)N1CCN[C@H](C)C1. The van der Waals surface area contributed by atoms with Crippen LogP contribution in [0.4, 0.5) is 0 Å². The summed E-state index contributed by atoms with van der Waals surface area (Å²) >= 11 is 0. The molecule has 2 rings (SSSR count). The zero-order valence-electron chi connectivity index (χ0n) is 9.21. The molecule has 1 amide bonds. The molecule has 0 saturated carbocycles. The van der Waals surface area contributed by atoms with E-state index >= 15 is 0 Å². The Hall–Kier alpha value is -1.29. The van der Waals surface area contributed by atoms with Crippen LogP contribution in [0.2, 0.25) is 0 Å². The van der Waals surface area contributed by atoms with Crippen molar-refractivity contribution in [2.45, 2.75) is 19.9 Å². The number of carbonyl (C=O) groups excluding carboxylic acids is 1. The number of H-pyrrole nitrogens is 1. The van der Waals surface area contributed by atoms with Crippen molar-refractivity contribution in [1.82, 2.24) is 15.2 Å². The van der Waals surface area contributed by atoms with E-state index in [0.717, 1.165) is 30.8 Å². The number of nitrogens with zero attached hydrogens (tertiary/aromatic N) is 1. The van der Waals surface area contributed by atoms with Crippen molar-refractivity contribution in [2.24, 2.45) is 0 Å². The van der Waals surface area contributed by atoms with Gasteiger partial charge in [-0.15, -0.1) is 0 Å². The molecule has 1 aliphatic rings. The summed E-state index contributed by atoms with van der Waals surface area (Å²) in [4.78, 5) is 17.0. The quantitative estimate of drug-likeness (QED) is 0.714. The number of rotatable bonds is 1. The van der Waals surface area contributed by atoms with Gasteiger partial charge in [0.05, 0.1) is 5.56 Å². The van der Waals surface area contributed by atoms with Gasteiger partial charge in [0.25, 0.3) is 5.91 Å². The molecule has 82 valence electrons. The first kappa shape index (κ1) is 10.2. The summed E-state index contributed by atoms with van der Waals surface area (Å²) < 4.78 is 0. The van der Waals surface area contributed by atoms with Gasteiger partial charge >= 0.3 is 0 Å². The van der Waals surface area contributed by atoms with Crippen molar-refractivity contribution in [3.8, 4) is 0 Å². The van der Waals surface area contributed by atoms with Crippen LogP contribution in [0, 0.1) is 6.92 Å². The van der Waals surface area contributed by atoms with Crippen LogP contribution < -0.4 is 5.32 Å². The monoisotopic (exact) mass is 207 g/mol. The van der Waals surface area contributed by atoms with Gasteiger partial charge in [-0.2, -0.15) is 0 Å². The molecule has 1 aliphatic heterocycles. The Morgan fingerprint density at radius 3 is 2.93 bits per heavy atom. The third-order valence-electron chi connectivity index (χ3n) is 2.84. The Balaban J connectivity index is 2.11. The molecule has 0 aromatic carbocycles. The Bertz CT molecular complexity index is 358. The first-order chi connectivity index (χ1) is 7.18. The number of aromatic nitrogens is 1. The van der Waals surface area contributed by atoms with Crippen LogP contribution in [0.25, 0.3) is 0 Å². The van der Waals surface area contributed by atoms with Gasteiger partial charge in [0.1, 0.15) is 0 Å². The van der Waals surface area contributed by atoms with E-state index in [0.29, 0.717) is 6.04 Å². The minimum Gasteiger partial charge on any atom is -0.367 e. The van der Waals surface area contributed by atoms with Crippen LogP contribution >= 0.6 is 0 Å². The van der Waals surface area contributed by atoms with Gasteiger partial charge in [0, 0.05) is 38.1 Å². The average molecular weight is 207 g/mol. The van der Waals surface area contributed by atoms with Gasteiger partial charge in [-0.25, -0.2) is 0 Å². The van der Waals surface area contributed by atoms with Crippen molar-refractivity contribution in [1.29, 1.82) is 0 Å². The molecular formula is C11H17N3O. The van der Waals surface area contributed by atoms with Gasteiger partial charge in [-0.05, 0) is 19.4 Å². The van der Waals surface area contributed by atoms with Gasteiger partial charge in [0.2, 0.25) is 0 Å². The molecule has 1 saturated heterocycles. The predicted octanol–water partition coefficient (Wildman–Crippen LogP) is 0.757. The lowest BCUT2D eigenvalue weighted by Gasteiger charge is -2.31. The standard InChI is InChI=1S/C11H17N3O/c1-8-5-12-6-10(8)11(15)14-4-3-13-9(2)7-14/h5-6,9,12-13H,3-4,7H2,1-2H3/t9-/m1/s1. The Morgan fingerprint density at radius 2 is 2.33 bits per heavy atom. The average Bonchev–Trinajstić information content (AvgIpc) is 2.63. The minimum atomic E-state index is 0.141. The normalized spacial score (nSPS) is 21.7. The number of amides is 1. The van der Waals surface area contributed by atoms with E-state index < -0.39 is 0 Å².